The third kappa shape index (κ3) is 3.16. The van der Waals surface area contributed by atoms with E-state index in [1.54, 1.807) is 11.0 Å². The van der Waals surface area contributed by atoms with Crippen LogP contribution in [0.3, 0.4) is 0 Å². The van der Waals surface area contributed by atoms with Gasteiger partial charge in [0.15, 0.2) is 11.6 Å². The minimum Gasteiger partial charge on any atom is -0.369 e. The molecule has 0 fully saturated rings. The molecule has 3 aromatic rings. The van der Waals surface area contributed by atoms with Crippen molar-refractivity contribution in [2.24, 2.45) is 12.8 Å². The summed E-state index contributed by atoms with van der Waals surface area (Å²) in [6, 6.07) is 7.54. The fourth-order valence-corrected chi connectivity index (χ4v) is 2.76. The van der Waals surface area contributed by atoms with Gasteiger partial charge in [-0.05, 0) is 18.6 Å². The van der Waals surface area contributed by atoms with Crippen LogP contribution in [0.1, 0.15) is 17.1 Å². The fourth-order valence-electron chi connectivity index (χ4n) is 2.56. The summed E-state index contributed by atoms with van der Waals surface area (Å²) in [4.78, 5) is 20.0. The molecule has 0 unspecified atom stereocenters. The highest BCUT2D eigenvalue weighted by molar-refractivity contribution is 6.31. The predicted molar refractivity (Wildman–Crippen MR) is 90.4 cm³/mol. The first-order valence-corrected chi connectivity index (χ1v) is 7.77. The molecule has 0 spiro atoms. The van der Waals surface area contributed by atoms with Gasteiger partial charge >= 0.3 is 0 Å². The van der Waals surface area contributed by atoms with Gasteiger partial charge in [0, 0.05) is 12.1 Å². The van der Waals surface area contributed by atoms with Gasteiger partial charge in [-0.15, -0.1) is 0 Å². The van der Waals surface area contributed by atoms with E-state index in [-0.39, 0.29) is 6.42 Å². The second-order valence-electron chi connectivity index (χ2n) is 5.53. The minimum absolute atomic E-state index is 0.0145. The van der Waals surface area contributed by atoms with E-state index in [4.69, 9.17) is 17.3 Å². The van der Waals surface area contributed by atoms with E-state index in [9.17, 15) is 4.79 Å². The van der Waals surface area contributed by atoms with Gasteiger partial charge in [-0.2, -0.15) is 5.10 Å². The molecule has 7 nitrogen and oxygen atoms in total. The number of primary amides is 1. The maximum absolute atomic E-state index is 11.2. The van der Waals surface area contributed by atoms with Crippen LogP contribution in [0.4, 0.5) is 0 Å². The zero-order chi connectivity index (χ0) is 17.3. The Morgan fingerprint density at radius 3 is 2.71 bits per heavy atom. The molecule has 124 valence electrons. The standard InChI is InChI=1S/C16H17ClN6O/c1-10-15(22(2)9-19-10)16-20-14(7-13(18)24)21-23(16)8-11-5-3-4-6-12(11)17/h3-6,9H,7-8H2,1-2H3,(H2,18,24). The zero-order valence-corrected chi connectivity index (χ0v) is 14.2. The van der Waals surface area contributed by atoms with Gasteiger partial charge in [-0.1, -0.05) is 29.8 Å². The van der Waals surface area contributed by atoms with Crippen molar-refractivity contribution in [3.63, 3.8) is 0 Å². The molecule has 1 amide bonds. The Labute approximate surface area is 144 Å². The molecule has 0 aliphatic carbocycles. The maximum Gasteiger partial charge on any atom is 0.225 e. The van der Waals surface area contributed by atoms with Crippen molar-refractivity contribution in [3.8, 4) is 11.5 Å². The Morgan fingerprint density at radius 1 is 1.33 bits per heavy atom. The summed E-state index contributed by atoms with van der Waals surface area (Å²) in [5.74, 6) is 0.534. The van der Waals surface area contributed by atoms with Gasteiger partial charge in [0.25, 0.3) is 0 Å². The van der Waals surface area contributed by atoms with Crippen LogP contribution in [0.5, 0.6) is 0 Å². The van der Waals surface area contributed by atoms with E-state index in [1.807, 2.05) is 42.8 Å². The van der Waals surface area contributed by atoms with Crippen LogP contribution in [0.15, 0.2) is 30.6 Å². The van der Waals surface area contributed by atoms with E-state index in [0.717, 1.165) is 17.0 Å². The number of carbonyl (C=O) groups excluding carboxylic acids is 1. The van der Waals surface area contributed by atoms with Crippen molar-refractivity contribution >= 4 is 17.5 Å². The molecule has 8 heteroatoms. The van der Waals surface area contributed by atoms with Crippen LogP contribution in [0.25, 0.3) is 11.5 Å². The third-order valence-electron chi connectivity index (χ3n) is 3.66. The van der Waals surface area contributed by atoms with E-state index in [2.05, 4.69) is 15.1 Å². The minimum atomic E-state index is -0.474. The number of nitrogens with zero attached hydrogens (tertiary/aromatic N) is 5. The molecular formula is C16H17ClN6O. The van der Waals surface area contributed by atoms with E-state index >= 15 is 0 Å². The Balaban J connectivity index is 2.08. The number of carbonyl (C=O) groups is 1. The number of nitrogens with two attached hydrogens (primary N) is 1. The molecule has 0 saturated heterocycles. The lowest BCUT2D eigenvalue weighted by atomic mass is 10.2. The SMILES string of the molecule is Cc1ncn(C)c1-c1nc(CC(N)=O)nn1Cc1ccccc1Cl. The fraction of sp³-hybridized carbons (Fsp3) is 0.250. The lowest BCUT2D eigenvalue weighted by Gasteiger charge is -2.08. The predicted octanol–water partition coefficient (Wildman–Crippen LogP) is 1.72. The molecule has 2 heterocycles. The summed E-state index contributed by atoms with van der Waals surface area (Å²) in [5, 5.41) is 5.08. The van der Waals surface area contributed by atoms with Crippen LogP contribution < -0.4 is 5.73 Å². The van der Waals surface area contributed by atoms with Crippen molar-refractivity contribution in [2.75, 3.05) is 0 Å². The zero-order valence-electron chi connectivity index (χ0n) is 13.4. The monoisotopic (exact) mass is 344 g/mol. The van der Waals surface area contributed by atoms with Gasteiger partial charge in [0.2, 0.25) is 5.91 Å². The largest absolute Gasteiger partial charge is 0.369 e. The molecule has 1 aromatic carbocycles. The van der Waals surface area contributed by atoms with Crippen LogP contribution in [0.2, 0.25) is 5.02 Å². The Hall–Kier alpha value is -2.67. The summed E-state index contributed by atoms with van der Waals surface area (Å²) >= 11 is 6.25. The van der Waals surface area contributed by atoms with Crippen molar-refractivity contribution < 1.29 is 4.79 Å². The van der Waals surface area contributed by atoms with E-state index in [0.29, 0.717) is 23.2 Å². The highest BCUT2D eigenvalue weighted by Gasteiger charge is 2.19. The Bertz CT molecular complexity index is 878. The van der Waals surface area contributed by atoms with Gasteiger partial charge in [-0.3, -0.25) is 4.79 Å². The van der Waals surface area contributed by atoms with Crippen LogP contribution in [0, 0.1) is 6.92 Å². The second kappa shape index (κ2) is 6.45. The Kier molecular flexibility index (Phi) is 4.35. The van der Waals surface area contributed by atoms with Crippen molar-refractivity contribution in [1.29, 1.82) is 0 Å². The summed E-state index contributed by atoms with van der Waals surface area (Å²) in [6.45, 7) is 2.34. The number of imidazole rings is 1. The molecule has 24 heavy (non-hydrogen) atoms. The van der Waals surface area contributed by atoms with Gasteiger partial charge in [-0.25, -0.2) is 14.6 Å². The van der Waals surface area contributed by atoms with E-state index in [1.165, 1.54) is 0 Å². The first-order chi connectivity index (χ1) is 11.5. The smallest absolute Gasteiger partial charge is 0.225 e. The first kappa shape index (κ1) is 16.2. The average molecular weight is 345 g/mol. The number of aryl methyl sites for hydroxylation is 2. The highest BCUT2D eigenvalue weighted by atomic mass is 35.5. The molecule has 2 aromatic heterocycles. The number of rotatable bonds is 5. The molecule has 0 aliphatic heterocycles. The number of aromatic nitrogens is 5. The number of halogens is 1. The summed E-state index contributed by atoms with van der Waals surface area (Å²) in [5.41, 5.74) is 7.85. The molecule has 2 N–H and O–H groups in total. The summed E-state index contributed by atoms with van der Waals surface area (Å²) in [7, 11) is 1.89. The van der Waals surface area contributed by atoms with Crippen molar-refractivity contribution in [1.82, 2.24) is 24.3 Å². The molecule has 0 saturated carbocycles. The van der Waals surface area contributed by atoms with E-state index < -0.39 is 5.91 Å². The molecule has 0 bridgehead atoms. The summed E-state index contributed by atoms with van der Waals surface area (Å²) in [6.07, 6.45) is 1.70. The van der Waals surface area contributed by atoms with Crippen LogP contribution in [-0.4, -0.2) is 30.2 Å². The molecule has 0 aliphatic rings. The van der Waals surface area contributed by atoms with Crippen molar-refractivity contribution in [3.05, 3.63) is 52.7 Å². The molecule has 3 rings (SSSR count). The lowest BCUT2D eigenvalue weighted by molar-refractivity contribution is -0.117. The first-order valence-electron chi connectivity index (χ1n) is 7.39. The van der Waals surface area contributed by atoms with Crippen LogP contribution >= 0.6 is 11.6 Å². The third-order valence-corrected chi connectivity index (χ3v) is 4.03. The van der Waals surface area contributed by atoms with Gasteiger partial charge in [0.1, 0.15) is 5.69 Å². The highest BCUT2D eigenvalue weighted by Crippen LogP contribution is 2.23. The van der Waals surface area contributed by atoms with Gasteiger partial charge in [0.05, 0.1) is 25.0 Å². The number of hydrogen-bond acceptors (Lipinski definition) is 4. The molecule has 0 radical (unpaired) electrons. The van der Waals surface area contributed by atoms with Gasteiger partial charge < -0.3 is 10.3 Å². The number of amides is 1. The lowest BCUT2D eigenvalue weighted by Crippen LogP contribution is -2.15. The number of benzene rings is 1. The molecule has 0 atom stereocenters. The van der Waals surface area contributed by atoms with Crippen molar-refractivity contribution in [2.45, 2.75) is 19.9 Å². The average Bonchev–Trinajstić information content (AvgIpc) is 3.04. The normalized spacial score (nSPS) is 11.0. The quantitative estimate of drug-likeness (QED) is 0.762. The second-order valence-corrected chi connectivity index (χ2v) is 5.94. The molecular weight excluding hydrogens is 328 g/mol. The van der Waals surface area contributed by atoms with Crippen LogP contribution in [-0.2, 0) is 24.8 Å². The topological polar surface area (TPSA) is 91.6 Å². The maximum atomic E-state index is 11.2. The number of hydrogen-bond donors (Lipinski definition) is 1. The Morgan fingerprint density at radius 2 is 2.08 bits per heavy atom. The summed E-state index contributed by atoms with van der Waals surface area (Å²) < 4.78 is 3.60.